The number of benzene rings is 1. The van der Waals surface area contributed by atoms with E-state index in [1.165, 1.54) is 4.31 Å². The van der Waals surface area contributed by atoms with Crippen molar-refractivity contribution in [3.05, 3.63) is 35.2 Å². The molecule has 1 aromatic heterocycles. The molecule has 0 radical (unpaired) electrons. The number of hydrogen-bond donors (Lipinski definition) is 0. The maximum Gasteiger partial charge on any atom is 0.248 e. The molecule has 0 atom stereocenters. The maximum atomic E-state index is 12.9. The highest BCUT2D eigenvalue weighted by atomic mass is 32.2. The normalized spacial score (nSPS) is 11.8. The Labute approximate surface area is 142 Å². The highest BCUT2D eigenvalue weighted by molar-refractivity contribution is 7.89. The minimum Gasteiger partial charge on any atom is -0.493 e. The first-order chi connectivity index (χ1) is 11.3. The second-order valence-corrected chi connectivity index (χ2v) is 7.15. The predicted molar refractivity (Wildman–Crippen MR) is 88.8 cm³/mol. The number of aromatic nitrogens is 1. The van der Waals surface area contributed by atoms with Crippen LogP contribution in [0.2, 0.25) is 0 Å². The summed E-state index contributed by atoms with van der Waals surface area (Å²) < 4.78 is 42.7. The summed E-state index contributed by atoms with van der Waals surface area (Å²) in [6.45, 7) is 5.53. The molecule has 0 saturated carbocycles. The van der Waals surface area contributed by atoms with Crippen LogP contribution in [0.15, 0.2) is 27.6 Å². The zero-order chi connectivity index (χ0) is 17.9. The Morgan fingerprint density at radius 3 is 2.33 bits per heavy atom. The number of rotatable bonds is 7. The number of methoxy groups -OCH3 is 2. The molecule has 1 heterocycles. The highest BCUT2D eigenvalue weighted by Crippen LogP contribution is 2.29. The summed E-state index contributed by atoms with van der Waals surface area (Å²) in [5, 5.41) is 3.74. The van der Waals surface area contributed by atoms with E-state index >= 15 is 0 Å². The zero-order valence-corrected chi connectivity index (χ0v) is 15.3. The van der Waals surface area contributed by atoms with Crippen LogP contribution in [0.1, 0.15) is 23.9 Å². The third kappa shape index (κ3) is 3.39. The van der Waals surface area contributed by atoms with Crippen LogP contribution in [0.25, 0.3) is 0 Å². The second kappa shape index (κ2) is 7.23. The molecule has 0 N–H and O–H groups in total. The van der Waals surface area contributed by atoms with Crippen molar-refractivity contribution in [1.29, 1.82) is 0 Å². The van der Waals surface area contributed by atoms with Crippen LogP contribution < -0.4 is 9.47 Å². The minimum atomic E-state index is -3.70. The van der Waals surface area contributed by atoms with Crippen molar-refractivity contribution >= 4 is 10.0 Å². The van der Waals surface area contributed by atoms with E-state index < -0.39 is 10.0 Å². The van der Waals surface area contributed by atoms with E-state index in [9.17, 15) is 8.42 Å². The van der Waals surface area contributed by atoms with Crippen molar-refractivity contribution in [3.8, 4) is 11.5 Å². The first-order valence-corrected chi connectivity index (χ1v) is 8.93. The van der Waals surface area contributed by atoms with Crippen LogP contribution in [-0.2, 0) is 16.6 Å². The predicted octanol–water partition coefficient (Wildman–Crippen LogP) is 2.52. The Bertz CT molecular complexity index is 794. The summed E-state index contributed by atoms with van der Waals surface area (Å²) in [7, 11) is -0.603. The van der Waals surface area contributed by atoms with Crippen LogP contribution in [0.4, 0.5) is 0 Å². The lowest BCUT2D eigenvalue weighted by atomic mass is 10.2. The van der Waals surface area contributed by atoms with E-state index in [4.69, 9.17) is 14.0 Å². The van der Waals surface area contributed by atoms with Gasteiger partial charge in [0.05, 0.1) is 14.2 Å². The Hall–Kier alpha value is -2.06. The van der Waals surface area contributed by atoms with Crippen LogP contribution in [0.5, 0.6) is 11.5 Å². The molecule has 2 rings (SSSR count). The topological polar surface area (TPSA) is 81.9 Å². The van der Waals surface area contributed by atoms with Gasteiger partial charge in [-0.15, -0.1) is 0 Å². The van der Waals surface area contributed by atoms with Crippen molar-refractivity contribution in [2.24, 2.45) is 0 Å². The lowest BCUT2D eigenvalue weighted by Gasteiger charge is -2.21. The first-order valence-electron chi connectivity index (χ1n) is 7.49. The highest BCUT2D eigenvalue weighted by Gasteiger charge is 2.30. The molecule has 0 aliphatic heterocycles. The van der Waals surface area contributed by atoms with Crippen LogP contribution >= 0.6 is 0 Å². The quantitative estimate of drug-likeness (QED) is 0.760. The molecule has 132 valence electrons. The van der Waals surface area contributed by atoms with Crippen LogP contribution in [0.3, 0.4) is 0 Å². The summed E-state index contributed by atoms with van der Waals surface area (Å²) >= 11 is 0. The molecule has 24 heavy (non-hydrogen) atoms. The maximum absolute atomic E-state index is 12.9. The van der Waals surface area contributed by atoms with Crippen LogP contribution in [-0.4, -0.2) is 38.6 Å². The fourth-order valence-electron chi connectivity index (χ4n) is 2.52. The number of sulfonamides is 1. The summed E-state index contributed by atoms with van der Waals surface area (Å²) in [5.74, 6) is 1.44. The molecule has 0 unspecified atom stereocenters. The van der Waals surface area contributed by atoms with Gasteiger partial charge in [-0.3, -0.25) is 0 Å². The standard InChI is InChI=1S/C16H22N2O5S/c1-6-18(24(19,20)16-11(2)17-23-12(16)3)10-13-7-8-14(21-4)15(9-13)22-5/h7-9H,6,10H2,1-5H3. The van der Waals surface area contributed by atoms with Gasteiger partial charge in [-0.25, -0.2) is 8.42 Å². The van der Waals surface area contributed by atoms with Gasteiger partial charge < -0.3 is 14.0 Å². The van der Waals surface area contributed by atoms with Crippen molar-refractivity contribution in [1.82, 2.24) is 9.46 Å². The van der Waals surface area contributed by atoms with Gasteiger partial charge in [0.15, 0.2) is 17.3 Å². The smallest absolute Gasteiger partial charge is 0.248 e. The average Bonchev–Trinajstić information content (AvgIpc) is 2.91. The fourth-order valence-corrected chi connectivity index (χ4v) is 4.25. The molecule has 0 spiro atoms. The molecule has 0 fully saturated rings. The molecule has 0 bridgehead atoms. The van der Waals surface area contributed by atoms with Crippen molar-refractivity contribution in [3.63, 3.8) is 0 Å². The Kier molecular flexibility index (Phi) is 5.51. The van der Waals surface area contributed by atoms with Gasteiger partial charge in [-0.1, -0.05) is 18.1 Å². The second-order valence-electron chi connectivity index (χ2n) is 5.27. The minimum absolute atomic E-state index is 0.129. The van der Waals surface area contributed by atoms with Gasteiger partial charge in [0.1, 0.15) is 10.6 Å². The summed E-state index contributed by atoms with van der Waals surface area (Å²) in [4.78, 5) is 0.129. The van der Waals surface area contributed by atoms with Crippen molar-refractivity contribution in [2.45, 2.75) is 32.2 Å². The molecule has 7 nitrogen and oxygen atoms in total. The monoisotopic (exact) mass is 354 g/mol. The molecular weight excluding hydrogens is 332 g/mol. The van der Waals surface area contributed by atoms with Gasteiger partial charge in [-0.2, -0.15) is 4.31 Å². The number of hydrogen-bond acceptors (Lipinski definition) is 6. The molecular formula is C16H22N2O5S. The molecule has 2 aromatic rings. The van der Waals surface area contributed by atoms with E-state index in [0.29, 0.717) is 29.5 Å². The summed E-state index contributed by atoms with van der Waals surface area (Å²) in [6.07, 6.45) is 0. The van der Waals surface area contributed by atoms with Crippen LogP contribution in [0, 0.1) is 13.8 Å². The molecule has 8 heteroatoms. The Morgan fingerprint density at radius 2 is 1.83 bits per heavy atom. The molecule has 0 aliphatic rings. The molecule has 0 amide bonds. The van der Waals surface area contributed by atoms with Gasteiger partial charge in [0.2, 0.25) is 10.0 Å². The van der Waals surface area contributed by atoms with Gasteiger partial charge in [-0.05, 0) is 31.5 Å². The number of aryl methyl sites for hydroxylation is 2. The zero-order valence-electron chi connectivity index (χ0n) is 14.5. The largest absolute Gasteiger partial charge is 0.493 e. The van der Waals surface area contributed by atoms with Gasteiger partial charge in [0.25, 0.3) is 0 Å². The van der Waals surface area contributed by atoms with Gasteiger partial charge >= 0.3 is 0 Å². The van der Waals surface area contributed by atoms with Gasteiger partial charge in [0, 0.05) is 13.1 Å². The van der Waals surface area contributed by atoms with Crippen molar-refractivity contribution in [2.75, 3.05) is 20.8 Å². The molecule has 1 aromatic carbocycles. The number of nitrogens with zero attached hydrogens (tertiary/aromatic N) is 2. The van der Waals surface area contributed by atoms with E-state index in [1.807, 2.05) is 6.07 Å². The molecule has 0 saturated heterocycles. The van der Waals surface area contributed by atoms with E-state index in [0.717, 1.165) is 5.56 Å². The average molecular weight is 354 g/mol. The Balaban J connectivity index is 2.36. The van der Waals surface area contributed by atoms with E-state index in [2.05, 4.69) is 5.16 Å². The fraction of sp³-hybridized carbons (Fsp3) is 0.438. The SMILES string of the molecule is CCN(Cc1ccc(OC)c(OC)c1)S(=O)(=O)c1c(C)noc1C. The number of ether oxygens (including phenoxy) is 2. The third-order valence-electron chi connectivity index (χ3n) is 3.73. The Morgan fingerprint density at radius 1 is 1.17 bits per heavy atom. The first kappa shape index (κ1) is 18.3. The summed E-state index contributed by atoms with van der Waals surface area (Å²) in [5.41, 5.74) is 1.16. The summed E-state index contributed by atoms with van der Waals surface area (Å²) in [6, 6.07) is 5.34. The third-order valence-corrected chi connectivity index (χ3v) is 5.89. The van der Waals surface area contributed by atoms with E-state index in [-0.39, 0.29) is 11.4 Å². The van der Waals surface area contributed by atoms with E-state index in [1.54, 1.807) is 47.1 Å². The lowest BCUT2D eigenvalue weighted by molar-refractivity contribution is 0.353. The molecule has 0 aliphatic carbocycles. The van der Waals surface area contributed by atoms with Crippen molar-refractivity contribution < 1.29 is 22.4 Å². The lowest BCUT2D eigenvalue weighted by Crippen LogP contribution is -2.31.